The molecule has 0 nitrogen and oxygen atoms in total. The third kappa shape index (κ3) is 4.54. The van der Waals surface area contributed by atoms with Gasteiger partial charge in [0.25, 0.3) is 0 Å². The second-order valence-electron chi connectivity index (χ2n) is 4.75. The first-order chi connectivity index (χ1) is 9.42. The van der Waals surface area contributed by atoms with Gasteiger partial charge < -0.3 is 0 Å². The second kappa shape index (κ2) is 8.21. The predicted molar refractivity (Wildman–Crippen MR) is 86.8 cm³/mol. The van der Waals surface area contributed by atoms with Crippen LogP contribution in [0.1, 0.15) is 19.3 Å². The van der Waals surface area contributed by atoms with Crippen LogP contribution in [0.15, 0.2) is 73.3 Å². The predicted octanol–water partition coefficient (Wildman–Crippen LogP) is 3.65. The van der Waals surface area contributed by atoms with Crippen LogP contribution in [0.25, 0.3) is 0 Å². The molecule has 1 radical (unpaired) electrons. The minimum atomic E-state index is -1.67. The molecule has 0 N–H and O–H groups in total. The van der Waals surface area contributed by atoms with Crippen molar-refractivity contribution in [3.8, 4) is 0 Å². The van der Waals surface area contributed by atoms with Crippen molar-refractivity contribution in [1.82, 2.24) is 0 Å². The molecule has 1 heteroatoms. The Kier molecular flexibility index (Phi) is 6.22. The maximum atomic E-state index is 3.81. The Hall–Kier alpha value is -1.02. The van der Waals surface area contributed by atoms with Crippen LogP contribution in [0, 0.1) is 0 Å². The van der Waals surface area contributed by atoms with Gasteiger partial charge in [0.05, 0.1) is 0 Å². The number of rotatable bonds is 7. The van der Waals surface area contributed by atoms with E-state index in [0.717, 1.165) is 6.42 Å². The second-order valence-corrected chi connectivity index (χ2v) is 12.2. The van der Waals surface area contributed by atoms with Crippen molar-refractivity contribution in [2.24, 2.45) is 0 Å². The Balaban J connectivity index is 2.12. The number of hydrogen-bond acceptors (Lipinski definition) is 0. The van der Waals surface area contributed by atoms with Crippen LogP contribution in [0.5, 0.6) is 0 Å². The van der Waals surface area contributed by atoms with E-state index >= 15 is 0 Å². The normalized spacial score (nSPS) is 10.6. The van der Waals surface area contributed by atoms with Crippen molar-refractivity contribution in [2.45, 2.75) is 23.7 Å². The summed E-state index contributed by atoms with van der Waals surface area (Å²) >= 11 is -1.67. The SMILES string of the molecule is C=CCCC[CH2][Sn]([c]1ccccc1)[c]1ccccc1. The van der Waals surface area contributed by atoms with E-state index in [0.29, 0.717) is 0 Å². The fourth-order valence-corrected chi connectivity index (χ4v) is 10.0. The van der Waals surface area contributed by atoms with Crippen LogP contribution in [0.2, 0.25) is 4.44 Å². The first-order valence-electron chi connectivity index (χ1n) is 6.99. The molecule has 0 heterocycles. The molecule has 2 aromatic rings. The van der Waals surface area contributed by atoms with Gasteiger partial charge in [-0.3, -0.25) is 0 Å². The Morgan fingerprint density at radius 1 is 0.789 bits per heavy atom. The van der Waals surface area contributed by atoms with Gasteiger partial charge in [0.15, 0.2) is 0 Å². The van der Waals surface area contributed by atoms with E-state index in [1.54, 1.807) is 7.16 Å². The Bertz CT molecular complexity index is 436. The van der Waals surface area contributed by atoms with Gasteiger partial charge in [-0.15, -0.1) is 0 Å². The molecule has 0 bridgehead atoms. The zero-order valence-electron chi connectivity index (χ0n) is 11.4. The van der Waals surface area contributed by atoms with Crippen molar-refractivity contribution in [3.05, 3.63) is 73.3 Å². The van der Waals surface area contributed by atoms with Crippen LogP contribution in [0.3, 0.4) is 0 Å². The quantitative estimate of drug-likeness (QED) is 0.404. The van der Waals surface area contributed by atoms with E-state index in [1.807, 2.05) is 6.08 Å². The molecule has 97 valence electrons. The molecule has 0 aliphatic heterocycles. The van der Waals surface area contributed by atoms with Gasteiger partial charge in [-0.25, -0.2) is 0 Å². The van der Waals surface area contributed by atoms with E-state index in [1.165, 1.54) is 17.3 Å². The van der Waals surface area contributed by atoms with Gasteiger partial charge >= 0.3 is 124 Å². The number of benzene rings is 2. The van der Waals surface area contributed by atoms with Crippen LogP contribution in [-0.2, 0) is 0 Å². The molecule has 0 amide bonds. The molecular formula is C18H21Sn. The van der Waals surface area contributed by atoms with Crippen molar-refractivity contribution in [1.29, 1.82) is 0 Å². The molecule has 0 aliphatic carbocycles. The molecule has 0 aliphatic rings. The summed E-state index contributed by atoms with van der Waals surface area (Å²) in [6.45, 7) is 3.81. The Morgan fingerprint density at radius 2 is 1.32 bits per heavy atom. The Morgan fingerprint density at radius 3 is 1.79 bits per heavy atom. The molecule has 0 spiro atoms. The van der Waals surface area contributed by atoms with E-state index in [2.05, 4.69) is 67.2 Å². The third-order valence-corrected chi connectivity index (χ3v) is 11.6. The number of hydrogen-bond donors (Lipinski definition) is 0. The van der Waals surface area contributed by atoms with Crippen molar-refractivity contribution in [3.63, 3.8) is 0 Å². The van der Waals surface area contributed by atoms with E-state index in [-0.39, 0.29) is 0 Å². The summed E-state index contributed by atoms with van der Waals surface area (Å²) in [5.41, 5.74) is 0. The summed E-state index contributed by atoms with van der Waals surface area (Å²) in [5.74, 6) is 0. The van der Waals surface area contributed by atoms with Gasteiger partial charge in [0.1, 0.15) is 0 Å². The zero-order valence-corrected chi connectivity index (χ0v) is 14.2. The summed E-state index contributed by atoms with van der Waals surface area (Å²) in [6.07, 6.45) is 5.81. The monoisotopic (exact) mass is 357 g/mol. The molecule has 2 aromatic carbocycles. The van der Waals surface area contributed by atoms with Crippen molar-refractivity contribution in [2.75, 3.05) is 0 Å². The summed E-state index contributed by atoms with van der Waals surface area (Å²) in [4.78, 5) is 0. The molecule has 2 rings (SSSR count). The minimum absolute atomic E-state index is 1.15. The molecule has 0 atom stereocenters. The third-order valence-electron chi connectivity index (χ3n) is 3.33. The van der Waals surface area contributed by atoms with E-state index < -0.39 is 19.8 Å². The molecule has 0 fully saturated rings. The van der Waals surface area contributed by atoms with Gasteiger partial charge in [-0.05, 0) is 0 Å². The van der Waals surface area contributed by atoms with Gasteiger partial charge in [0.2, 0.25) is 0 Å². The summed E-state index contributed by atoms with van der Waals surface area (Å²) in [5, 5.41) is 0. The first-order valence-corrected chi connectivity index (χ1v) is 11.9. The maximum absolute atomic E-state index is 3.81. The van der Waals surface area contributed by atoms with Crippen LogP contribution in [0.4, 0.5) is 0 Å². The van der Waals surface area contributed by atoms with Gasteiger partial charge in [-0.2, -0.15) is 0 Å². The van der Waals surface area contributed by atoms with Crippen LogP contribution >= 0.6 is 0 Å². The molecule has 19 heavy (non-hydrogen) atoms. The van der Waals surface area contributed by atoms with Crippen LogP contribution in [-0.4, -0.2) is 19.8 Å². The standard InChI is InChI=1S/2C6H5.C6H11.Sn/c2*1-2-4-6-5-3-1;1-3-5-6-4-2;/h2*1-5H;3H,1-2,4-6H2;. The molecule has 0 saturated heterocycles. The molecule has 0 saturated carbocycles. The average Bonchev–Trinajstić information content (AvgIpc) is 2.49. The fraction of sp³-hybridized carbons (Fsp3) is 0.222. The summed E-state index contributed by atoms with van der Waals surface area (Å²) in [7, 11) is 0. The first kappa shape index (κ1) is 14.4. The number of unbranched alkanes of at least 4 members (excludes halogenated alkanes) is 2. The van der Waals surface area contributed by atoms with Gasteiger partial charge in [0, 0.05) is 0 Å². The van der Waals surface area contributed by atoms with E-state index in [4.69, 9.17) is 0 Å². The molecular weight excluding hydrogens is 335 g/mol. The summed E-state index contributed by atoms with van der Waals surface area (Å²) < 4.78 is 4.65. The van der Waals surface area contributed by atoms with Crippen LogP contribution < -0.4 is 7.16 Å². The van der Waals surface area contributed by atoms with E-state index in [9.17, 15) is 0 Å². The number of allylic oxidation sites excluding steroid dienone is 1. The molecule has 0 unspecified atom stereocenters. The molecule has 0 aromatic heterocycles. The fourth-order valence-electron chi connectivity index (χ4n) is 2.32. The van der Waals surface area contributed by atoms with Crippen molar-refractivity contribution < 1.29 is 0 Å². The summed E-state index contributed by atoms with van der Waals surface area (Å²) in [6, 6.07) is 22.3. The van der Waals surface area contributed by atoms with Crippen molar-refractivity contribution >= 4 is 26.9 Å². The zero-order chi connectivity index (χ0) is 13.3. The average molecular weight is 356 g/mol. The topological polar surface area (TPSA) is 0 Å². The van der Waals surface area contributed by atoms with Gasteiger partial charge in [-0.1, -0.05) is 0 Å². The Labute approximate surface area is 123 Å².